The van der Waals surface area contributed by atoms with Crippen molar-refractivity contribution in [1.29, 1.82) is 0 Å². The topological polar surface area (TPSA) is 0 Å². The first kappa shape index (κ1) is 10.2. The van der Waals surface area contributed by atoms with Gasteiger partial charge in [0.2, 0.25) is 0 Å². The van der Waals surface area contributed by atoms with E-state index < -0.39 is 0 Å². The molecule has 0 radical (unpaired) electrons. The van der Waals surface area contributed by atoms with Crippen molar-refractivity contribution in [2.24, 2.45) is 5.92 Å². The Morgan fingerprint density at radius 3 is 2.18 bits per heavy atom. The highest BCUT2D eigenvalue weighted by atomic mass is 14.0. The highest BCUT2D eigenvalue weighted by Gasteiger charge is 1.94. The molecule has 0 heteroatoms. The highest BCUT2D eigenvalue weighted by molar-refractivity contribution is 5.24. The van der Waals surface area contributed by atoms with Crippen LogP contribution in [0, 0.1) is 5.92 Å². The third kappa shape index (κ3) is 4.60. The lowest BCUT2D eigenvalue weighted by Gasteiger charge is -2.03. The Kier molecular flexibility index (Phi) is 4.60. The van der Waals surface area contributed by atoms with Crippen molar-refractivity contribution in [1.82, 2.24) is 0 Å². The molecular weight excluding hydrogens is 132 g/mol. The van der Waals surface area contributed by atoms with Crippen molar-refractivity contribution < 1.29 is 0 Å². The molecule has 0 aromatic carbocycles. The zero-order valence-electron chi connectivity index (χ0n) is 8.02. The lowest BCUT2D eigenvalue weighted by Crippen LogP contribution is -1.88. The van der Waals surface area contributed by atoms with E-state index in [1.807, 2.05) is 12.2 Å². The normalized spacial score (nSPS) is 13.9. The lowest BCUT2D eigenvalue weighted by molar-refractivity contribution is 0.768. The maximum Gasteiger partial charge on any atom is -0.0260 e. The minimum atomic E-state index is 0.642. The fourth-order valence-corrected chi connectivity index (χ4v) is 0.760. The van der Waals surface area contributed by atoms with Crippen molar-refractivity contribution in [3.63, 3.8) is 0 Å². The van der Waals surface area contributed by atoms with Crippen LogP contribution in [-0.4, -0.2) is 0 Å². The summed E-state index contributed by atoms with van der Waals surface area (Å²) in [7, 11) is 0. The summed E-state index contributed by atoms with van der Waals surface area (Å²) in [4.78, 5) is 0. The van der Waals surface area contributed by atoms with Crippen LogP contribution in [0.25, 0.3) is 0 Å². The molecule has 0 aliphatic rings. The van der Waals surface area contributed by atoms with Gasteiger partial charge in [-0.25, -0.2) is 0 Å². The molecule has 0 amide bonds. The van der Waals surface area contributed by atoms with E-state index in [1.165, 1.54) is 11.1 Å². The van der Waals surface area contributed by atoms with E-state index >= 15 is 0 Å². The second-order valence-electron chi connectivity index (χ2n) is 3.19. The smallest absolute Gasteiger partial charge is 0.0260 e. The van der Waals surface area contributed by atoms with E-state index in [4.69, 9.17) is 0 Å². The molecule has 0 N–H and O–H groups in total. The minimum Gasteiger partial charge on any atom is -0.0991 e. The van der Waals surface area contributed by atoms with Gasteiger partial charge >= 0.3 is 0 Å². The zero-order valence-corrected chi connectivity index (χ0v) is 8.02. The molecule has 0 saturated carbocycles. The number of allylic oxidation sites excluding steroid dienone is 5. The van der Waals surface area contributed by atoms with Gasteiger partial charge in [-0.3, -0.25) is 0 Å². The Bertz CT molecular complexity index is 180. The molecule has 0 aromatic heterocycles. The van der Waals surface area contributed by atoms with E-state index in [1.54, 1.807) is 0 Å². The monoisotopic (exact) mass is 150 g/mol. The molecule has 0 spiro atoms. The lowest BCUT2D eigenvalue weighted by atomic mass is 10.0. The molecule has 11 heavy (non-hydrogen) atoms. The van der Waals surface area contributed by atoms with Gasteiger partial charge in [-0.05, 0) is 19.8 Å². The second-order valence-corrected chi connectivity index (χ2v) is 3.19. The van der Waals surface area contributed by atoms with Gasteiger partial charge in [0.25, 0.3) is 0 Å². The third-order valence-electron chi connectivity index (χ3n) is 1.75. The summed E-state index contributed by atoms with van der Waals surface area (Å²) in [5.74, 6) is 0.642. The van der Waals surface area contributed by atoms with Gasteiger partial charge in [-0.2, -0.15) is 0 Å². The number of rotatable bonds is 3. The first-order chi connectivity index (χ1) is 5.07. The van der Waals surface area contributed by atoms with Crippen LogP contribution >= 0.6 is 0 Å². The summed E-state index contributed by atoms with van der Waals surface area (Å²) in [5.41, 5.74) is 2.69. The summed E-state index contributed by atoms with van der Waals surface area (Å²) in [6, 6.07) is 0. The Morgan fingerprint density at radius 1 is 1.27 bits per heavy atom. The van der Waals surface area contributed by atoms with Gasteiger partial charge in [0.05, 0.1) is 0 Å². The maximum absolute atomic E-state index is 3.65. The molecule has 0 rings (SSSR count). The number of hydrogen-bond donors (Lipinski definition) is 0. The van der Waals surface area contributed by atoms with Crippen molar-refractivity contribution in [2.45, 2.75) is 27.7 Å². The van der Waals surface area contributed by atoms with Gasteiger partial charge in [0, 0.05) is 0 Å². The van der Waals surface area contributed by atoms with E-state index in [9.17, 15) is 0 Å². The molecule has 0 bridgehead atoms. The molecule has 0 nitrogen and oxygen atoms in total. The Balaban J connectivity index is 4.30. The van der Waals surface area contributed by atoms with E-state index in [0.717, 1.165) is 0 Å². The molecular formula is C11H18. The van der Waals surface area contributed by atoms with Crippen LogP contribution in [0.1, 0.15) is 27.7 Å². The van der Waals surface area contributed by atoms with Crippen molar-refractivity contribution >= 4 is 0 Å². The average Bonchev–Trinajstić information content (AvgIpc) is 1.87. The van der Waals surface area contributed by atoms with Crippen molar-refractivity contribution in [2.75, 3.05) is 0 Å². The molecule has 0 aliphatic carbocycles. The molecule has 0 heterocycles. The van der Waals surface area contributed by atoms with E-state index in [2.05, 4.69) is 40.3 Å². The van der Waals surface area contributed by atoms with Crippen LogP contribution < -0.4 is 0 Å². The SMILES string of the molecule is C=C/C=C(C)\C=C(/C)C(C)C. The molecule has 0 atom stereocenters. The van der Waals surface area contributed by atoms with Crippen LogP contribution in [0.3, 0.4) is 0 Å². The fourth-order valence-electron chi connectivity index (χ4n) is 0.760. The van der Waals surface area contributed by atoms with Crippen LogP contribution in [0.2, 0.25) is 0 Å². The summed E-state index contributed by atoms with van der Waals surface area (Å²) in [6.07, 6.45) is 6.04. The summed E-state index contributed by atoms with van der Waals surface area (Å²) in [5, 5.41) is 0. The Hall–Kier alpha value is -0.780. The van der Waals surface area contributed by atoms with E-state index in [0.29, 0.717) is 5.92 Å². The van der Waals surface area contributed by atoms with Crippen molar-refractivity contribution in [3.8, 4) is 0 Å². The summed E-state index contributed by atoms with van der Waals surface area (Å²) < 4.78 is 0. The van der Waals surface area contributed by atoms with Gasteiger partial charge in [0.15, 0.2) is 0 Å². The second kappa shape index (κ2) is 4.95. The van der Waals surface area contributed by atoms with Gasteiger partial charge in [-0.15, -0.1) is 0 Å². The van der Waals surface area contributed by atoms with Crippen LogP contribution in [0.4, 0.5) is 0 Å². The van der Waals surface area contributed by atoms with Gasteiger partial charge in [-0.1, -0.05) is 49.8 Å². The molecule has 0 saturated heterocycles. The maximum atomic E-state index is 3.65. The van der Waals surface area contributed by atoms with Crippen LogP contribution in [-0.2, 0) is 0 Å². The molecule has 62 valence electrons. The van der Waals surface area contributed by atoms with Crippen LogP contribution in [0.15, 0.2) is 36.0 Å². The minimum absolute atomic E-state index is 0.642. The van der Waals surface area contributed by atoms with Gasteiger partial charge < -0.3 is 0 Å². The average molecular weight is 150 g/mol. The third-order valence-corrected chi connectivity index (χ3v) is 1.75. The molecule has 0 fully saturated rings. The van der Waals surface area contributed by atoms with Gasteiger partial charge in [0.1, 0.15) is 0 Å². The summed E-state index contributed by atoms with van der Waals surface area (Å²) >= 11 is 0. The fraction of sp³-hybridized carbons (Fsp3) is 0.455. The summed E-state index contributed by atoms with van der Waals surface area (Å²) in [6.45, 7) is 12.3. The predicted octanol–water partition coefficient (Wildman–Crippen LogP) is 3.72. The zero-order chi connectivity index (χ0) is 8.85. The largest absolute Gasteiger partial charge is 0.0991 e. The Morgan fingerprint density at radius 2 is 1.82 bits per heavy atom. The standard InChI is InChI=1S/C11H18/c1-6-7-10(4)8-11(5)9(2)3/h6-9H,1H2,2-5H3/b10-7-,11-8+. The van der Waals surface area contributed by atoms with Crippen LogP contribution in [0.5, 0.6) is 0 Å². The quantitative estimate of drug-likeness (QED) is 0.538. The predicted molar refractivity (Wildman–Crippen MR) is 52.5 cm³/mol. The number of hydrogen-bond acceptors (Lipinski definition) is 0. The highest BCUT2D eigenvalue weighted by Crippen LogP contribution is 2.10. The first-order valence-corrected chi connectivity index (χ1v) is 4.05. The first-order valence-electron chi connectivity index (χ1n) is 4.05. The molecule has 0 aromatic rings. The Labute approximate surface area is 70.3 Å². The van der Waals surface area contributed by atoms with Crippen molar-refractivity contribution in [3.05, 3.63) is 36.0 Å². The molecule has 0 unspecified atom stereocenters. The van der Waals surface area contributed by atoms with E-state index in [-0.39, 0.29) is 0 Å². The molecule has 0 aliphatic heterocycles.